The molecule has 3 heterocycles. The number of oxazole rings is 1. The van der Waals surface area contributed by atoms with Crippen molar-refractivity contribution in [1.29, 1.82) is 0 Å². The summed E-state index contributed by atoms with van der Waals surface area (Å²) < 4.78 is 32.6. The highest BCUT2D eigenvalue weighted by atomic mass is 35.5. The number of halogens is 3. The Labute approximate surface area is 167 Å². The Morgan fingerprint density at radius 1 is 1.00 bits per heavy atom. The number of carbonyl (C=O) groups excluding carboxylic acids is 1. The largest absolute Gasteiger partial charge is 0.444 e. The van der Waals surface area contributed by atoms with Gasteiger partial charge in [-0.2, -0.15) is 0 Å². The summed E-state index contributed by atoms with van der Waals surface area (Å²) in [4.78, 5) is 27.6. The summed E-state index contributed by atoms with van der Waals surface area (Å²) in [6.45, 7) is 0. The van der Waals surface area contributed by atoms with Crippen LogP contribution in [0.3, 0.4) is 0 Å². The zero-order chi connectivity index (χ0) is 20.4. The van der Waals surface area contributed by atoms with Crippen LogP contribution in [-0.2, 0) is 0 Å². The van der Waals surface area contributed by atoms with Crippen LogP contribution < -0.4 is 5.32 Å². The number of benzene rings is 1. The molecule has 0 bridgehead atoms. The van der Waals surface area contributed by atoms with Crippen LogP contribution in [0.5, 0.6) is 0 Å². The molecule has 1 aromatic carbocycles. The average Bonchev–Trinajstić information content (AvgIpc) is 3.24. The Bertz CT molecular complexity index is 1160. The quantitative estimate of drug-likeness (QED) is 0.533. The van der Waals surface area contributed by atoms with Crippen molar-refractivity contribution in [2.45, 2.75) is 0 Å². The van der Waals surface area contributed by atoms with Crippen molar-refractivity contribution < 1.29 is 18.0 Å². The number of hydrogen-bond acceptors (Lipinski definition) is 6. The Kier molecular flexibility index (Phi) is 4.96. The minimum Gasteiger partial charge on any atom is -0.444 e. The first-order valence-electron chi connectivity index (χ1n) is 8.14. The second-order valence-electron chi connectivity index (χ2n) is 5.78. The van der Waals surface area contributed by atoms with Gasteiger partial charge in [0.05, 0.1) is 41.7 Å². The topological polar surface area (TPSA) is 93.8 Å². The van der Waals surface area contributed by atoms with Crippen molar-refractivity contribution in [3.05, 3.63) is 77.8 Å². The van der Waals surface area contributed by atoms with Crippen molar-refractivity contribution in [3.8, 4) is 22.6 Å². The Morgan fingerprint density at radius 3 is 2.45 bits per heavy atom. The highest BCUT2D eigenvalue weighted by molar-refractivity contribution is 6.33. The Morgan fingerprint density at radius 2 is 1.79 bits per heavy atom. The third kappa shape index (κ3) is 3.81. The lowest BCUT2D eigenvalue weighted by atomic mass is 10.1. The van der Waals surface area contributed by atoms with E-state index in [1.165, 1.54) is 18.8 Å². The normalized spacial score (nSPS) is 10.7. The third-order valence-corrected chi connectivity index (χ3v) is 4.26. The molecule has 4 aromatic rings. The van der Waals surface area contributed by atoms with E-state index in [1.807, 2.05) is 0 Å². The zero-order valence-corrected chi connectivity index (χ0v) is 15.2. The van der Waals surface area contributed by atoms with Crippen LogP contribution in [0.15, 0.2) is 60.0 Å². The van der Waals surface area contributed by atoms with E-state index in [-0.39, 0.29) is 5.82 Å². The number of hydrogen-bond donors (Lipinski definition) is 1. The molecular weight excluding hydrogens is 404 g/mol. The molecule has 0 fully saturated rings. The van der Waals surface area contributed by atoms with Crippen LogP contribution in [0.25, 0.3) is 22.6 Å². The van der Waals surface area contributed by atoms with E-state index in [0.717, 1.165) is 18.0 Å². The molecule has 7 nitrogen and oxygen atoms in total. The highest BCUT2D eigenvalue weighted by Gasteiger charge is 2.18. The van der Waals surface area contributed by atoms with Gasteiger partial charge in [0, 0.05) is 11.1 Å². The van der Waals surface area contributed by atoms with Crippen molar-refractivity contribution in [3.63, 3.8) is 0 Å². The molecule has 0 unspecified atom stereocenters. The third-order valence-electron chi connectivity index (χ3n) is 3.93. The van der Waals surface area contributed by atoms with E-state index in [1.54, 1.807) is 24.4 Å². The summed E-state index contributed by atoms with van der Waals surface area (Å²) in [7, 11) is 0. The Hall–Kier alpha value is -3.72. The maximum Gasteiger partial charge on any atom is 0.262 e. The van der Waals surface area contributed by atoms with E-state index < -0.39 is 23.1 Å². The van der Waals surface area contributed by atoms with Crippen LogP contribution in [-0.4, -0.2) is 25.8 Å². The van der Waals surface area contributed by atoms with Gasteiger partial charge >= 0.3 is 0 Å². The molecule has 0 saturated carbocycles. The monoisotopic (exact) mass is 413 g/mol. The first-order chi connectivity index (χ1) is 14.0. The lowest BCUT2D eigenvalue weighted by Crippen LogP contribution is -2.17. The van der Waals surface area contributed by atoms with E-state index >= 15 is 0 Å². The zero-order valence-electron chi connectivity index (χ0n) is 14.4. The molecule has 0 aliphatic carbocycles. The van der Waals surface area contributed by atoms with Crippen LogP contribution >= 0.6 is 11.6 Å². The van der Waals surface area contributed by atoms with Gasteiger partial charge in [-0.05, 0) is 18.2 Å². The minimum absolute atomic E-state index is 0.0110. The van der Waals surface area contributed by atoms with Gasteiger partial charge < -0.3 is 9.73 Å². The van der Waals surface area contributed by atoms with Gasteiger partial charge in [0.15, 0.2) is 29.6 Å². The van der Waals surface area contributed by atoms with E-state index in [0.29, 0.717) is 22.0 Å². The molecule has 0 spiro atoms. The molecule has 0 aliphatic rings. The molecule has 1 N–H and O–H groups in total. The number of amides is 1. The molecule has 29 heavy (non-hydrogen) atoms. The molecule has 0 saturated heterocycles. The molecule has 10 heteroatoms. The number of pyridine rings is 1. The fourth-order valence-electron chi connectivity index (χ4n) is 2.57. The standard InChI is InChI=1S/C19H10ClF2N5O2/c20-12-2-1-10(16-7-24-9-29-16)3-11(12)15-6-26-17(8-25-15)27-19(28)18-13(21)4-23-5-14(18)22/h1-9H,(H,26,27,28). The average molecular weight is 414 g/mol. The summed E-state index contributed by atoms with van der Waals surface area (Å²) in [5.74, 6) is -2.60. The van der Waals surface area contributed by atoms with Crippen LogP contribution in [0.4, 0.5) is 14.6 Å². The molecule has 0 aliphatic heterocycles. The van der Waals surface area contributed by atoms with Crippen molar-refractivity contribution in [1.82, 2.24) is 19.9 Å². The first-order valence-corrected chi connectivity index (χ1v) is 8.52. The fourth-order valence-corrected chi connectivity index (χ4v) is 2.79. The summed E-state index contributed by atoms with van der Waals surface area (Å²) in [6.07, 6.45) is 7.00. The van der Waals surface area contributed by atoms with Crippen LogP contribution in [0.2, 0.25) is 5.02 Å². The molecule has 1 amide bonds. The van der Waals surface area contributed by atoms with Crippen molar-refractivity contribution >= 4 is 23.3 Å². The minimum atomic E-state index is -1.08. The van der Waals surface area contributed by atoms with Gasteiger partial charge in [0.2, 0.25) is 0 Å². The Balaban J connectivity index is 1.59. The highest BCUT2D eigenvalue weighted by Crippen LogP contribution is 2.31. The number of anilines is 1. The second kappa shape index (κ2) is 7.72. The van der Waals surface area contributed by atoms with Crippen molar-refractivity contribution in [2.24, 2.45) is 0 Å². The number of rotatable bonds is 4. The van der Waals surface area contributed by atoms with Gasteiger partial charge in [-0.1, -0.05) is 11.6 Å². The lowest BCUT2D eigenvalue weighted by molar-refractivity contribution is 0.101. The lowest BCUT2D eigenvalue weighted by Gasteiger charge is -2.08. The second-order valence-corrected chi connectivity index (χ2v) is 6.19. The predicted octanol–water partition coefficient (Wildman–Crippen LogP) is 4.38. The summed E-state index contributed by atoms with van der Waals surface area (Å²) in [6, 6.07) is 5.21. The SMILES string of the molecule is O=C(Nc1cnc(-c2cc(-c3cnco3)ccc2Cl)cn1)c1c(F)cncc1F. The summed E-state index contributed by atoms with van der Waals surface area (Å²) in [5, 5.41) is 2.72. The molecule has 0 atom stereocenters. The number of aromatic nitrogens is 4. The first kappa shape index (κ1) is 18.6. The number of nitrogens with one attached hydrogen (secondary N) is 1. The number of nitrogens with zero attached hydrogens (tertiary/aromatic N) is 4. The van der Waals surface area contributed by atoms with E-state index in [2.05, 4.69) is 25.3 Å². The van der Waals surface area contributed by atoms with Crippen LogP contribution in [0.1, 0.15) is 10.4 Å². The molecule has 0 radical (unpaired) electrons. The molecule has 3 aromatic heterocycles. The van der Waals surface area contributed by atoms with Gasteiger partial charge in [-0.3, -0.25) is 14.8 Å². The molecule has 144 valence electrons. The smallest absolute Gasteiger partial charge is 0.262 e. The summed E-state index contributed by atoms with van der Waals surface area (Å²) >= 11 is 6.26. The molecule has 4 rings (SSSR count). The van der Waals surface area contributed by atoms with Gasteiger partial charge in [0.1, 0.15) is 5.56 Å². The van der Waals surface area contributed by atoms with Gasteiger partial charge in [-0.25, -0.2) is 18.7 Å². The fraction of sp³-hybridized carbons (Fsp3) is 0. The van der Waals surface area contributed by atoms with Crippen molar-refractivity contribution in [2.75, 3.05) is 5.32 Å². The maximum atomic E-state index is 13.7. The van der Waals surface area contributed by atoms with E-state index in [9.17, 15) is 13.6 Å². The maximum absolute atomic E-state index is 13.7. The van der Waals surface area contributed by atoms with Crippen LogP contribution in [0, 0.1) is 11.6 Å². The molecular formula is C19H10ClF2N5O2. The number of carbonyl (C=O) groups is 1. The van der Waals surface area contributed by atoms with Gasteiger partial charge in [-0.15, -0.1) is 0 Å². The summed E-state index contributed by atoms with van der Waals surface area (Å²) in [5.41, 5.74) is 0.992. The van der Waals surface area contributed by atoms with Gasteiger partial charge in [0.25, 0.3) is 5.91 Å². The van der Waals surface area contributed by atoms with E-state index in [4.69, 9.17) is 16.0 Å². The predicted molar refractivity (Wildman–Crippen MR) is 100 cm³/mol.